The van der Waals surface area contributed by atoms with Gasteiger partial charge in [0.15, 0.2) is 0 Å². The van der Waals surface area contributed by atoms with Gasteiger partial charge in [0, 0.05) is 61.1 Å². The normalized spacial score (nSPS) is 20.7. The number of rotatable bonds is 6. The average molecular weight is 610 g/mol. The number of benzene rings is 2. The molecule has 1 N–H and O–H groups in total. The Kier molecular flexibility index (Phi) is 9.13. The topological polar surface area (TPSA) is 78.4 Å². The van der Waals surface area contributed by atoms with Crippen LogP contribution in [0.2, 0.25) is 5.02 Å². The van der Waals surface area contributed by atoms with Crippen LogP contribution in [0.15, 0.2) is 55.1 Å². The van der Waals surface area contributed by atoms with E-state index in [9.17, 15) is 18.4 Å². The predicted octanol–water partition coefficient (Wildman–Crippen LogP) is 6.12. The third-order valence-electron chi connectivity index (χ3n) is 8.88. The van der Waals surface area contributed by atoms with Crippen molar-refractivity contribution in [3.63, 3.8) is 0 Å². The minimum atomic E-state index is -0.624. The molecule has 1 aromatic heterocycles. The summed E-state index contributed by atoms with van der Waals surface area (Å²) in [5, 5.41) is 3.61. The van der Waals surface area contributed by atoms with Crippen molar-refractivity contribution in [2.75, 3.05) is 26.2 Å². The maximum absolute atomic E-state index is 14.9. The van der Waals surface area contributed by atoms with Crippen LogP contribution in [-0.4, -0.2) is 63.3 Å². The SMILES string of the molecule is C[C@H](NC(=O)c1cncnc1)c1cc(Cl)ccc1C1CCN(C(=O)[C@@H]2CN(C(C)(C)C)CC2c2ccc(F)cc2F)CC1. The quantitative estimate of drug-likeness (QED) is 0.364. The molecule has 2 aliphatic rings. The summed E-state index contributed by atoms with van der Waals surface area (Å²) in [5.41, 5.74) is 2.61. The Bertz CT molecular complexity index is 1470. The van der Waals surface area contributed by atoms with E-state index in [1.165, 1.54) is 30.9 Å². The predicted molar refractivity (Wildman–Crippen MR) is 162 cm³/mol. The highest BCUT2D eigenvalue weighted by molar-refractivity contribution is 6.30. The zero-order valence-electron chi connectivity index (χ0n) is 25.0. The van der Waals surface area contributed by atoms with Gasteiger partial charge in [-0.3, -0.25) is 14.5 Å². The van der Waals surface area contributed by atoms with E-state index in [0.29, 0.717) is 42.3 Å². The Hall–Kier alpha value is -3.43. The van der Waals surface area contributed by atoms with E-state index in [0.717, 1.165) is 30.0 Å². The van der Waals surface area contributed by atoms with Gasteiger partial charge >= 0.3 is 0 Å². The maximum Gasteiger partial charge on any atom is 0.254 e. The van der Waals surface area contributed by atoms with Gasteiger partial charge in [-0.1, -0.05) is 23.7 Å². The van der Waals surface area contributed by atoms with Gasteiger partial charge in [-0.2, -0.15) is 0 Å². The number of likely N-dealkylation sites (tertiary alicyclic amines) is 2. The molecule has 228 valence electrons. The molecule has 7 nitrogen and oxygen atoms in total. The highest BCUT2D eigenvalue weighted by Gasteiger charge is 2.44. The minimum Gasteiger partial charge on any atom is -0.345 e. The van der Waals surface area contributed by atoms with Crippen molar-refractivity contribution in [1.82, 2.24) is 25.1 Å². The molecule has 0 spiro atoms. The van der Waals surface area contributed by atoms with Crippen LogP contribution < -0.4 is 5.32 Å². The number of nitrogens with one attached hydrogen (secondary N) is 1. The fourth-order valence-electron chi connectivity index (χ4n) is 6.43. The number of piperidine rings is 1. The summed E-state index contributed by atoms with van der Waals surface area (Å²) in [7, 11) is 0. The zero-order valence-corrected chi connectivity index (χ0v) is 25.7. The molecule has 2 amide bonds. The second-order valence-electron chi connectivity index (χ2n) is 12.6. The van der Waals surface area contributed by atoms with E-state index in [4.69, 9.17) is 11.6 Å². The first kappa shape index (κ1) is 31.0. The fourth-order valence-corrected chi connectivity index (χ4v) is 6.61. The van der Waals surface area contributed by atoms with Crippen LogP contribution in [0.3, 0.4) is 0 Å². The van der Waals surface area contributed by atoms with Gasteiger partial charge < -0.3 is 10.2 Å². The van der Waals surface area contributed by atoms with Crippen LogP contribution in [-0.2, 0) is 4.79 Å². The van der Waals surface area contributed by atoms with E-state index in [-0.39, 0.29) is 35.2 Å². The zero-order chi connectivity index (χ0) is 30.9. The van der Waals surface area contributed by atoms with Crippen LogP contribution >= 0.6 is 11.6 Å². The van der Waals surface area contributed by atoms with Gasteiger partial charge in [0.1, 0.15) is 18.0 Å². The molecule has 3 atom stereocenters. The molecular weight excluding hydrogens is 572 g/mol. The number of hydrogen-bond donors (Lipinski definition) is 1. The largest absolute Gasteiger partial charge is 0.345 e. The molecule has 3 heterocycles. The molecule has 0 radical (unpaired) electrons. The van der Waals surface area contributed by atoms with E-state index >= 15 is 0 Å². The summed E-state index contributed by atoms with van der Waals surface area (Å²) >= 11 is 6.38. The summed E-state index contributed by atoms with van der Waals surface area (Å²) in [6, 6.07) is 9.12. The Labute approximate surface area is 256 Å². The monoisotopic (exact) mass is 609 g/mol. The standard InChI is InChI=1S/C33H38ClF2N5O2/c1-20(39-31(42)22-15-37-19-38-16-22)27-13-23(34)5-7-25(27)21-9-11-40(12-10-21)32(43)29-18-41(33(2,3)4)17-28(29)26-8-6-24(35)14-30(26)36/h5-8,13-16,19-21,28-29H,9-12,17-18H2,1-4H3,(H,39,42)/t20-,28?,29+/m0/s1. The van der Waals surface area contributed by atoms with Crippen molar-refractivity contribution in [3.8, 4) is 0 Å². The van der Waals surface area contributed by atoms with Gasteiger partial charge in [-0.25, -0.2) is 18.7 Å². The lowest BCUT2D eigenvalue weighted by molar-refractivity contribution is -0.136. The Morgan fingerprint density at radius 1 is 1.00 bits per heavy atom. The van der Waals surface area contributed by atoms with Crippen LogP contribution in [0, 0.1) is 17.6 Å². The van der Waals surface area contributed by atoms with E-state index in [1.807, 2.05) is 30.0 Å². The molecule has 3 aromatic rings. The summed E-state index contributed by atoms with van der Waals surface area (Å²) in [6.07, 6.45) is 5.82. The Morgan fingerprint density at radius 3 is 2.33 bits per heavy atom. The Morgan fingerprint density at radius 2 is 1.67 bits per heavy atom. The van der Waals surface area contributed by atoms with Crippen LogP contribution in [0.1, 0.15) is 85.5 Å². The van der Waals surface area contributed by atoms with E-state index in [1.54, 1.807) is 0 Å². The van der Waals surface area contributed by atoms with Gasteiger partial charge in [0.05, 0.1) is 17.5 Å². The summed E-state index contributed by atoms with van der Waals surface area (Å²) in [4.78, 5) is 38.7. The van der Waals surface area contributed by atoms with Crippen molar-refractivity contribution < 1.29 is 18.4 Å². The first-order chi connectivity index (χ1) is 20.4. The minimum absolute atomic E-state index is 0.0148. The van der Waals surface area contributed by atoms with Crippen LogP contribution in [0.5, 0.6) is 0 Å². The lowest BCUT2D eigenvalue weighted by Gasteiger charge is -2.36. The summed E-state index contributed by atoms with van der Waals surface area (Å²) in [5.74, 6) is -2.08. The highest BCUT2D eigenvalue weighted by atomic mass is 35.5. The van der Waals surface area contributed by atoms with Crippen molar-refractivity contribution in [2.45, 2.75) is 64.0 Å². The molecule has 2 saturated heterocycles. The molecule has 2 fully saturated rings. The second kappa shape index (κ2) is 12.7. The lowest BCUT2D eigenvalue weighted by Crippen LogP contribution is -2.44. The van der Waals surface area contributed by atoms with Gasteiger partial charge in [-0.05, 0) is 81.3 Å². The fraction of sp³-hybridized carbons (Fsp3) is 0.455. The molecule has 0 saturated carbocycles. The molecule has 2 aromatic carbocycles. The number of carbonyl (C=O) groups is 2. The van der Waals surface area contributed by atoms with Gasteiger partial charge in [-0.15, -0.1) is 0 Å². The van der Waals surface area contributed by atoms with Crippen LogP contribution in [0.25, 0.3) is 0 Å². The number of hydrogen-bond acceptors (Lipinski definition) is 5. The number of carbonyl (C=O) groups excluding carboxylic acids is 2. The molecule has 0 bridgehead atoms. The third-order valence-corrected chi connectivity index (χ3v) is 9.11. The van der Waals surface area contributed by atoms with Crippen molar-refractivity contribution in [1.29, 1.82) is 0 Å². The maximum atomic E-state index is 14.9. The van der Waals surface area contributed by atoms with Gasteiger partial charge in [0.25, 0.3) is 5.91 Å². The molecule has 43 heavy (non-hydrogen) atoms. The van der Waals surface area contributed by atoms with Crippen molar-refractivity contribution in [2.24, 2.45) is 5.92 Å². The molecule has 5 rings (SSSR count). The number of amides is 2. The molecule has 0 aliphatic carbocycles. The summed E-state index contributed by atoms with van der Waals surface area (Å²) < 4.78 is 28.6. The van der Waals surface area contributed by atoms with Crippen molar-refractivity contribution >= 4 is 23.4 Å². The molecule has 1 unspecified atom stereocenters. The Balaban J connectivity index is 1.30. The smallest absolute Gasteiger partial charge is 0.254 e. The highest BCUT2D eigenvalue weighted by Crippen LogP contribution is 2.40. The second-order valence-corrected chi connectivity index (χ2v) is 13.1. The molecule has 2 aliphatic heterocycles. The third kappa shape index (κ3) is 6.88. The number of halogens is 3. The number of aromatic nitrogens is 2. The lowest BCUT2D eigenvalue weighted by atomic mass is 9.83. The average Bonchev–Trinajstić information content (AvgIpc) is 3.43. The van der Waals surface area contributed by atoms with Crippen LogP contribution in [0.4, 0.5) is 8.78 Å². The first-order valence-electron chi connectivity index (χ1n) is 14.8. The first-order valence-corrected chi connectivity index (χ1v) is 15.1. The number of nitrogens with zero attached hydrogens (tertiary/aromatic N) is 4. The van der Waals surface area contributed by atoms with E-state index < -0.39 is 17.6 Å². The molecule has 10 heteroatoms. The van der Waals surface area contributed by atoms with E-state index in [2.05, 4.69) is 41.0 Å². The van der Waals surface area contributed by atoms with Crippen molar-refractivity contribution in [3.05, 3.63) is 94.0 Å². The van der Waals surface area contributed by atoms with Gasteiger partial charge in [0.2, 0.25) is 5.91 Å². The molecular formula is C33H38ClF2N5O2. The summed E-state index contributed by atoms with van der Waals surface area (Å²) in [6.45, 7) is 10.4.